The third kappa shape index (κ3) is 1.35. The van der Waals surface area contributed by atoms with Crippen molar-refractivity contribution in [1.29, 1.82) is 0 Å². The van der Waals surface area contributed by atoms with Crippen LogP contribution in [0.25, 0.3) is 10.9 Å². The molecule has 1 aromatic carbocycles. The summed E-state index contributed by atoms with van der Waals surface area (Å²) in [5.74, 6) is 0.725. The highest BCUT2D eigenvalue weighted by Crippen LogP contribution is 2.39. The summed E-state index contributed by atoms with van der Waals surface area (Å²) in [6, 6.07) is 4.03. The summed E-state index contributed by atoms with van der Waals surface area (Å²) in [4.78, 5) is 11.5. The van der Waals surface area contributed by atoms with Crippen LogP contribution in [0, 0.1) is 6.92 Å². The van der Waals surface area contributed by atoms with Gasteiger partial charge in [-0.15, -0.1) is 0 Å². The molecule has 1 aromatic heterocycles. The van der Waals surface area contributed by atoms with Gasteiger partial charge in [0, 0.05) is 29.2 Å². The second-order valence-electron chi connectivity index (χ2n) is 4.60. The van der Waals surface area contributed by atoms with E-state index in [1.807, 2.05) is 26.1 Å². The monoisotopic (exact) mass is 245 g/mol. The van der Waals surface area contributed by atoms with Gasteiger partial charge in [-0.2, -0.15) is 0 Å². The number of aromatic nitrogens is 1. The van der Waals surface area contributed by atoms with Gasteiger partial charge in [0.1, 0.15) is 12.4 Å². The van der Waals surface area contributed by atoms with E-state index in [1.165, 1.54) is 12.7 Å². The van der Waals surface area contributed by atoms with Crippen LogP contribution < -0.4 is 4.74 Å². The largest absolute Gasteiger partial charge is 0.488 e. The number of carbonyl (C=O) groups excluding carboxylic acids is 1. The second-order valence-corrected chi connectivity index (χ2v) is 4.60. The average molecular weight is 245 g/mol. The maximum atomic E-state index is 11.5. The molecule has 0 saturated heterocycles. The first-order chi connectivity index (χ1) is 8.63. The molecule has 0 radical (unpaired) electrons. The molecule has 0 spiro atoms. The Bertz CT molecular complexity index is 655. The molecule has 2 heterocycles. The summed E-state index contributed by atoms with van der Waals surface area (Å²) in [7, 11) is 3.44. The van der Waals surface area contributed by atoms with Crippen LogP contribution in [-0.4, -0.2) is 17.6 Å². The normalized spacial score (nSPS) is 12.8. The number of esters is 1. The highest BCUT2D eigenvalue weighted by molar-refractivity contribution is 5.94. The van der Waals surface area contributed by atoms with Gasteiger partial charge >= 0.3 is 5.97 Å². The van der Waals surface area contributed by atoms with Crippen LogP contribution in [0.4, 0.5) is 0 Å². The zero-order valence-electron chi connectivity index (χ0n) is 10.7. The number of aryl methyl sites for hydroxylation is 1. The topological polar surface area (TPSA) is 40.5 Å². The molecule has 3 rings (SSSR count). The molecule has 18 heavy (non-hydrogen) atoms. The van der Waals surface area contributed by atoms with Crippen LogP contribution in [0.5, 0.6) is 5.75 Å². The molecule has 1 aliphatic rings. The molecule has 0 fully saturated rings. The standard InChI is InChI=1S/C14H15NO3/c1-8-9(6-13(16)17-3)14-10-7-18-12(10)5-4-11(14)15(8)2/h4-5H,6-7H2,1-3H3. The minimum Gasteiger partial charge on any atom is -0.488 e. The average Bonchev–Trinajstić information content (AvgIpc) is 2.54. The van der Waals surface area contributed by atoms with Crippen LogP contribution in [0.2, 0.25) is 0 Å². The van der Waals surface area contributed by atoms with Crippen molar-refractivity contribution in [2.45, 2.75) is 20.0 Å². The molecular formula is C14H15NO3. The molecule has 0 saturated carbocycles. The number of hydrogen-bond donors (Lipinski definition) is 0. The highest BCUT2D eigenvalue weighted by Gasteiger charge is 2.24. The molecule has 0 aliphatic carbocycles. The SMILES string of the molecule is COC(=O)Cc1c(C)n(C)c2ccc3c(c12)CO3. The number of nitrogens with zero attached hydrogens (tertiary/aromatic N) is 1. The van der Waals surface area contributed by atoms with Crippen molar-refractivity contribution in [3.63, 3.8) is 0 Å². The van der Waals surface area contributed by atoms with Crippen LogP contribution in [0.3, 0.4) is 0 Å². The summed E-state index contributed by atoms with van der Waals surface area (Å²) in [5, 5.41) is 1.16. The quantitative estimate of drug-likeness (QED) is 0.761. The second kappa shape index (κ2) is 3.77. The number of benzene rings is 1. The van der Waals surface area contributed by atoms with Crippen LogP contribution in [-0.2, 0) is 29.6 Å². The summed E-state index contributed by atoms with van der Waals surface area (Å²) >= 11 is 0. The first-order valence-corrected chi connectivity index (χ1v) is 5.93. The molecule has 4 heteroatoms. The predicted octanol–water partition coefficient (Wildman–Crippen LogP) is 2.09. The van der Waals surface area contributed by atoms with Crippen molar-refractivity contribution in [2.75, 3.05) is 7.11 Å². The molecule has 0 amide bonds. The minimum atomic E-state index is -0.205. The van der Waals surface area contributed by atoms with E-state index in [-0.39, 0.29) is 5.97 Å². The van der Waals surface area contributed by atoms with Gasteiger partial charge in [-0.05, 0) is 24.6 Å². The predicted molar refractivity (Wildman–Crippen MR) is 67.7 cm³/mol. The maximum absolute atomic E-state index is 11.5. The van der Waals surface area contributed by atoms with Crippen molar-refractivity contribution < 1.29 is 14.3 Å². The summed E-state index contributed by atoms with van der Waals surface area (Å²) < 4.78 is 12.3. The van der Waals surface area contributed by atoms with Gasteiger partial charge in [-0.25, -0.2) is 0 Å². The Labute approximate surface area is 105 Å². The third-order valence-corrected chi connectivity index (χ3v) is 3.77. The lowest BCUT2D eigenvalue weighted by Crippen LogP contribution is -2.11. The molecule has 0 unspecified atom stereocenters. The van der Waals surface area contributed by atoms with Crippen LogP contribution in [0.15, 0.2) is 12.1 Å². The summed E-state index contributed by atoms with van der Waals surface area (Å²) in [6.07, 6.45) is 0.316. The fourth-order valence-corrected chi connectivity index (χ4v) is 2.58. The molecule has 0 atom stereocenters. The fraction of sp³-hybridized carbons (Fsp3) is 0.357. The lowest BCUT2D eigenvalue weighted by Gasteiger charge is -2.21. The Morgan fingerprint density at radius 2 is 2.28 bits per heavy atom. The third-order valence-electron chi connectivity index (χ3n) is 3.77. The summed E-state index contributed by atoms with van der Waals surface area (Å²) in [5.41, 5.74) is 4.51. The Morgan fingerprint density at radius 1 is 1.50 bits per heavy atom. The van der Waals surface area contributed by atoms with E-state index < -0.39 is 0 Å². The molecule has 94 valence electrons. The van der Waals surface area contributed by atoms with Crippen molar-refractivity contribution in [1.82, 2.24) is 4.57 Å². The Hall–Kier alpha value is -1.97. The van der Waals surface area contributed by atoms with Crippen molar-refractivity contribution in [2.24, 2.45) is 7.05 Å². The smallest absolute Gasteiger partial charge is 0.310 e. The van der Waals surface area contributed by atoms with Gasteiger partial charge in [0.05, 0.1) is 13.5 Å². The zero-order valence-corrected chi connectivity index (χ0v) is 10.7. The first-order valence-electron chi connectivity index (χ1n) is 5.93. The molecule has 2 aromatic rings. The van der Waals surface area contributed by atoms with E-state index in [0.29, 0.717) is 13.0 Å². The number of rotatable bonds is 2. The maximum Gasteiger partial charge on any atom is 0.310 e. The number of carbonyl (C=O) groups is 1. The fourth-order valence-electron chi connectivity index (χ4n) is 2.58. The number of fused-ring (bicyclic) bond motifs is 3. The van der Waals surface area contributed by atoms with Crippen molar-refractivity contribution in [3.8, 4) is 5.75 Å². The molecule has 1 aliphatic heterocycles. The minimum absolute atomic E-state index is 0.205. The Kier molecular flexibility index (Phi) is 2.33. The van der Waals surface area contributed by atoms with Gasteiger partial charge in [-0.1, -0.05) is 0 Å². The first kappa shape index (κ1) is 11.1. The molecular weight excluding hydrogens is 230 g/mol. The van der Waals surface area contributed by atoms with Crippen LogP contribution >= 0.6 is 0 Å². The van der Waals surface area contributed by atoms with Crippen molar-refractivity contribution in [3.05, 3.63) is 29.0 Å². The lowest BCUT2D eigenvalue weighted by molar-refractivity contribution is -0.139. The van der Waals surface area contributed by atoms with E-state index in [9.17, 15) is 4.79 Å². The number of hydrogen-bond acceptors (Lipinski definition) is 3. The van der Waals surface area contributed by atoms with Gasteiger partial charge in [0.2, 0.25) is 0 Å². The van der Waals surface area contributed by atoms with Gasteiger partial charge in [0.25, 0.3) is 0 Å². The molecule has 0 bridgehead atoms. The van der Waals surface area contributed by atoms with E-state index >= 15 is 0 Å². The van der Waals surface area contributed by atoms with E-state index in [1.54, 1.807) is 0 Å². The van der Waals surface area contributed by atoms with E-state index in [0.717, 1.165) is 27.9 Å². The van der Waals surface area contributed by atoms with E-state index in [2.05, 4.69) is 4.57 Å². The van der Waals surface area contributed by atoms with Gasteiger partial charge in [-0.3, -0.25) is 4.79 Å². The molecule has 4 nitrogen and oxygen atoms in total. The van der Waals surface area contributed by atoms with Gasteiger partial charge in [0.15, 0.2) is 0 Å². The van der Waals surface area contributed by atoms with Crippen LogP contribution in [0.1, 0.15) is 16.8 Å². The Morgan fingerprint density at radius 3 is 2.89 bits per heavy atom. The highest BCUT2D eigenvalue weighted by atomic mass is 16.5. The van der Waals surface area contributed by atoms with Gasteiger partial charge < -0.3 is 14.0 Å². The van der Waals surface area contributed by atoms with Crippen molar-refractivity contribution >= 4 is 16.9 Å². The Balaban J connectivity index is 2.26. The molecule has 0 N–H and O–H groups in total. The lowest BCUT2D eigenvalue weighted by atomic mass is 10.00. The summed E-state index contributed by atoms with van der Waals surface area (Å²) in [6.45, 7) is 2.66. The number of ether oxygens (including phenoxy) is 2. The van der Waals surface area contributed by atoms with E-state index in [4.69, 9.17) is 9.47 Å². The zero-order chi connectivity index (χ0) is 12.9. The number of methoxy groups -OCH3 is 1.